The Hall–Kier alpha value is -1.36. The summed E-state index contributed by atoms with van der Waals surface area (Å²) in [6.07, 6.45) is 4.79. The molecule has 0 spiro atoms. The summed E-state index contributed by atoms with van der Waals surface area (Å²) in [6.45, 7) is 12.2. The van der Waals surface area contributed by atoms with Gasteiger partial charge >= 0.3 is 0 Å². The largest absolute Gasteiger partial charge is 0.443 e. The molecule has 1 fully saturated rings. The van der Waals surface area contributed by atoms with E-state index in [0.717, 1.165) is 57.2 Å². The fourth-order valence-corrected chi connectivity index (χ4v) is 3.38. The lowest BCUT2D eigenvalue weighted by atomic mass is 9.94. The minimum Gasteiger partial charge on any atom is -0.443 e. The van der Waals surface area contributed by atoms with Crippen molar-refractivity contribution in [2.75, 3.05) is 40.3 Å². The van der Waals surface area contributed by atoms with Crippen LogP contribution in [0.3, 0.4) is 0 Å². The fourth-order valence-electron chi connectivity index (χ4n) is 3.38. The van der Waals surface area contributed by atoms with Crippen molar-refractivity contribution in [3.05, 3.63) is 17.8 Å². The number of nitrogens with one attached hydrogen (secondary N) is 2. The van der Waals surface area contributed by atoms with Crippen LogP contribution in [-0.4, -0.2) is 73.0 Å². The highest BCUT2D eigenvalue weighted by molar-refractivity contribution is 14.0. The fraction of sp³-hybridized carbons (Fsp3) is 0.762. The van der Waals surface area contributed by atoms with E-state index < -0.39 is 0 Å². The molecule has 2 N–H and O–H groups in total. The Morgan fingerprint density at radius 1 is 1.37 bits per heavy atom. The molecule has 1 amide bonds. The van der Waals surface area contributed by atoms with Crippen molar-refractivity contribution in [3.8, 4) is 0 Å². The summed E-state index contributed by atoms with van der Waals surface area (Å²) in [6, 6.07) is 0.0361. The normalized spacial score (nSPS) is 17.5. The van der Waals surface area contributed by atoms with Crippen LogP contribution in [0, 0.1) is 0 Å². The first-order valence-corrected chi connectivity index (χ1v) is 10.6. The van der Waals surface area contributed by atoms with Crippen molar-refractivity contribution in [2.45, 2.75) is 65.0 Å². The molecule has 2 rings (SSSR count). The van der Waals surface area contributed by atoms with Crippen molar-refractivity contribution in [1.29, 1.82) is 0 Å². The first kappa shape index (κ1) is 26.7. The molecule has 2 heterocycles. The van der Waals surface area contributed by atoms with Gasteiger partial charge in [-0.15, -0.1) is 24.0 Å². The van der Waals surface area contributed by atoms with Gasteiger partial charge in [0.15, 0.2) is 5.96 Å². The highest BCUT2D eigenvalue weighted by Gasteiger charge is 2.31. The lowest BCUT2D eigenvalue weighted by molar-refractivity contribution is -0.133. The van der Waals surface area contributed by atoms with Gasteiger partial charge in [-0.3, -0.25) is 9.69 Å². The Morgan fingerprint density at radius 3 is 2.70 bits per heavy atom. The number of hydrogen-bond donors (Lipinski definition) is 2. The molecule has 8 nitrogen and oxygen atoms in total. The summed E-state index contributed by atoms with van der Waals surface area (Å²) in [5.74, 6) is 2.46. The van der Waals surface area contributed by atoms with E-state index in [2.05, 4.69) is 46.3 Å². The van der Waals surface area contributed by atoms with Crippen LogP contribution in [0.15, 0.2) is 15.6 Å². The van der Waals surface area contributed by atoms with E-state index in [-0.39, 0.29) is 41.3 Å². The number of carbonyl (C=O) groups excluding carboxylic acids is 1. The summed E-state index contributed by atoms with van der Waals surface area (Å²) in [5, 5.41) is 6.62. The van der Waals surface area contributed by atoms with Gasteiger partial charge in [0, 0.05) is 39.1 Å². The minimum atomic E-state index is -0.0564. The van der Waals surface area contributed by atoms with Gasteiger partial charge in [-0.05, 0) is 32.7 Å². The van der Waals surface area contributed by atoms with Gasteiger partial charge in [0.2, 0.25) is 11.8 Å². The quantitative estimate of drug-likeness (QED) is 0.231. The van der Waals surface area contributed by atoms with Crippen LogP contribution in [0.2, 0.25) is 0 Å². The third-order valence-electron chi connectivity index (χ3n) is 5.01. The molecule has 1 unspecified atom stereocenters. The number of carbonyl (C=O) groups is 1. The van der Waals surface area contributed by atoms with E-state index >= 15 is 0 Å². The first-order valence-electron chi connectivity index (χ1n) is 10.6. The molecule has 1 aliphatic rings. The zero-order valence-electron chi connectivity index (χ0n) is 19.3. The van der Waals surface area contributed by atoms with Gasteiger partial charge in [-0.25, -0.2) is 9.98 Å². The van der Waals surface area contributed by atoms with E-state index in [1.54, 1.807) is 11.1 Å². The maximum Gasteiger partial charge on any atom is 0.239 e. The lowest BCUT2D eigenvalue weighted by Gasteiger charge is -2.26. The molecule has 0 aliphatic carbocycles. The van der Waals surface area contributed by atoms with Gasteiger partial charge in [-0.1, -0.05) is 20.8 Å². The number of likely N-dealkylation sites (N-methyl/N-ethyl adjacent to an activating group) is 1. The standard InChI is InChI=1S/C21H38N6O2.HI/c1-7-22-20(25-15-18-24-14-17(29-18)21(2,3)4)23-11-9-13-27-12-8-10-16(27)19(28)26(5)6;/h14,16H,7-13,15H2,1-6H3,(H2,22,23,25);1H. The summed E-state index contributed by atoms with van der Waals surface area (Å²) < 4.78 is 5.81. The number of oxazole rings is 1. The molecule has 0 bridgehead atoms. The predicted molar refractivity (Wildman–Crippen MR) is 131 cm³/mol. The second-order valence-corrected chi connectivity index (χ2v) is 8.77. The van der Waals surface area contributed by atoms with Crippen molar-refractivity contribution in [3.63, 3.8) is 0 Å². The molecular formula is C21H39IN6O2. The molecule has 1 aromatic heterocycles. The average molecular weight is 534 g/mol. The van der Waals surface area contributed by atoms with Crippen LogP contribution in [0.1, 0.15) is 58.6 Å². The van der Waals surface area contributed by atoms with Gasteiger partial charge < -0.3 is 20.0 Å². The van der Waals surface area contributed by atoms with Crippen LogP contribution in [0.25, 0.3) is 0 Å². The van der Waals surface area contributed by atoms with Gasteiger partial charge in [0.1, 0.15) is 12.3 Å². The van der Waals surface area contributed by atoms with Gasteiger partial charge in [0.05, 0.1) is 12.2 Å². The van der Waals surface area contributed by atoms with Crippen LogP contribution in [-0.2, 0) is 16.8 Å². The molecule has 1 saturated heterocycles. The first-order chi connectivity index (χ1) is 13.7. The van der Waals surface area contributed by atoms with Gasteiger partial charge in [-0.2, -0.15) is 0 Å². The maximum atomic E-state index is 12.3. The minimum absolute atomic E-state index is 0. The van der Waals surface area contributed by atoms with Crippen LogP contribution in [0.4, 0.5) is 0 Å². The highest BCUT2D eigenvalue weighted by Crippen LogP contribution is 2.22. The molecule has 1 atom stereocenters. The van der Waals surface area contributed by atoms with E-state index in [4.69, 9.17) is 4.42 Å². The second-order valence-electron chi connectivity index (χ2n) is 8.77. The Kier molecular flexibility index (Phi) is 11.1. The van der Waals surface area contributed by atoms with Crippen LogP contribution >= 0.6 is 24.0 Å². The molecule has 0 saturated carbocycles. The average Bonchev–Trinajstić information content (AvgIpc) is 3.31. The van der Waals surface area contributed by atoms with Crippen molar-refractivity contribution < 1.29 is 9.21 Å². The number of hydrogen-bond acceptors (Lipinski definition) is 5. The summed E-state index contributed by atoms with van der Waals surface area (Å²) in [5.41, 5.74) is -0.0564. The molecule has 1 aliphatic heterocycles. The predicted octanol–water partition coefficient (Wildman–Crippen LogP) is 2.59. The zero-order chi connectivity index (χ0) is 21.4. The van der Waals surface area contributed by atoms with Crippen LogP contribution in [0.5, 0.6) is 0 Å². The molecular weight excluding hydrogens is 495 g/mol. The molecule has 1 aromatic rings. The Bertz CT molecular complexity index is 683. The number of halogens is 1. The van der Waals surface area contributed by atoms with Crippen molar-refractivity contribution >= 4 is 35.8 Å². The highest BCUT2D eigenvalue weighted by atomic mass is 127. The third-order valence-corrected chi connectivity index (χ3v) is 5.01. The Balaban J connectivity index is 0.00000450. The third kappa shape index (κ3) is 8.05. The molecule has 0 aromatic carbocycles. The number of likely N-dealkylation sites (tertiary alicyclic amines) is 1. The second kappa shape index (κ2) is 12.5. The summed E-state index contributed by atoms with van der Waals surface area (Å²) in [7, 11) is 3.66. The molecule has 9 heteroatoms. The Labute approximate surface area is 198 Å². The zero-order valence-corrected chi connectivity index (χ0v) is 21.7. The summed E-state index contributed by atoms with van der Waals surface area (Å²) >= 11 is 0. The Morgan fingerprint density at radius 2 is 2.10 bits per heavy atom. The van der Waals surface area contributed by atoms with Gasteiger partial charge in [0.25, 0.3) is 0 Å². The maximum absolute atomic E-state index is 12.3. The number of aliphatic imine (C=N–C) groups is 1. The van der Waals surface area contributed by atoms with E-state index in [0.29, 0.717) is 12.4 Å². The monoisotopic (exact) mass is 534 g/mol. The SMILES string of the molecule is CCNC(=NCc1ncc(C(C)(C)C)o1)NCCCN1CCCC1C(=O)N(C)C.I. The molecule has 30 heavy (non-hydrogen) atoms. The smallest absolute Gasteiger partial charge is 0.239 e. The molecule has 0 radical (unpaired) electrons. The van der Waals surface area contributed by atoms with E-state index in [9.17, 15) is 4.79 Å². The summed E-state index contributed by atoms with van der Waals surface area (Å²) in [4.78, 5) is 25.2. The number of aromatic nitrogens is 1. The number of nitrogens with zero attached hydrogens (tertiary/aromatic N) is 4. The number of amides is 1. The van der Waals surface area contributed by atoms with E-state index in [1.165, 1.54) is 0 Å². The van der Waals surface area contributed by atoms with E-state index in [1.807, 2.05) is 21.0 Å². The topological polar surface area (TPSA) is 86.0 Å². The van der Waals surface area contributed by atoms with Crippen molar-refractivity contribution in [2.24, 2.45) is 4.99 Å². The van der Waals surface area contributed by atoms with Crippen molar-refractivity contribution in [1.82, 2.24) is 25.4 Å². The van der Waals surface area contributed by atoms with Crippen LogP contribution < -0.4 is 10.6 Å². The lowest BCUT2D eigenvalue weighted by Crippen LogP contribution is -2.44. The number of guanidine groups is 1. The number of rotatable bonds is 8. The molecule has 172 valence electrons.